The molecule has 0 fully saturated rings. The Labute approximate surface area is 178 Å². The lowest BCUT2D eigenvalue weighted by Crippen LogP contribution is -2.15. The van der Waals surface area contributed by atoms with Crippen LogP contribution in [0.3, 0.4) is 0 Å². The van der Waals surface area contributed by atoms with Gasteiger partial charge in [0, 0.05) is 23.0 Å². The molecule has 1 heterocycles. The molecule has 0 unspecified atom stereocenters. The van der Waals surface area contributed by atoms with Crippen LogP contribution in [0.2, 0.25) is 10.0 Å². The standard InChI is InChI=1S/C19H16Cl2N4O3S/c1-11-9-18(23-12(2)22-11)25-29(27,28)15-6-4-14(5-7-15)24-19(26)13-3-8-16(20)17(21)10-13/h3-10H,1-2H3,(H,24,26)(H,22,23,25). The van der Waals surface area contributed by atoms with Gasteiger partial charge in [0.05, 0.1) is 14.9 Å². The highest BCUT2D eigenvalue weighted by atomic mass is 35.5. The van der Waals surface area contributed by atoms with E-state index in [0.29, 0.717) is 27.8 Å². The largest absolute Gasteiger partial charge is 0.322 e. The van der Waals surface area contributed by atoms with Crippen LogP contribution >= 0.6 is 23.2 Å². The van der Waals surface area contributed by atoms with Gasteiger partial charge in [0.2, 0.25) is 0 Å². The predicted octanol–water partition coefficient (Wildman–Crippen LogP) is 4.45. The molecule has 1 aromatic heterocycles. The molecule has 0 bridgehead atoms. The van der Waals surface area contributed by atoms with Gasteiger partial charge in [-0.1, -0.05) is 23.2 Å². The molecule has 0 spiro atoms. The third-order valence-corrected chi connectivity index (χ3v) is 5.92. The van der Waals surface area contributed by atoms with Crippen LogP contribution < -0.4 is 10.0 Å². The normalized spacial score (nSPS) is 11.2. The van der Waals surface area contributed by atoms with Crippen LogP contribution in [0.1, 0.15) is 21.9 Å². The highest BCUT2D eigenvalue weighted by Crippen LogP contribution is 2.23. The van der Waals surface area contributed by atoms with Gasteiger partial charge in [-0.2, -0.15) is 0 Å². The van der Waals surface area contributed by atoms with Crippen molar-refractivity contribution < 1.29 is 13.2 Å². The molecule has 2 N–H and O–H groups in total. The number of hydrogen-bond donors (Lipinski definition) is 2. The molecule has 0 aliphatic heterocycles. The smallest absolute Gasteiger partial charge is 0.263 e. The highest BCUT2D eigenvalue weighted by Gasteiger charge is 2.16. The van der Waals surface area contributed by atoms with Crippen LogP contribution in [0.15, 0.2) is 53.4 Å². The van der Waals surface area contributed by atoms with E-state index < -0.39 is 15.9 Å². The molecule has 0 saturated heterocycles. The second kappa shape index (κ2) is 8.36. The first kappa shape index (κ1) is 21.0. The van der Waals surface area contributed by atoms with Gasteiger partial charge in [-0.05, 0) is 56.3 Å². The Hall–Kier alpha value is -2.68. The second-order valence-electron chi connectivity index (χ2n) is 6.15. The molecule has 29 heavy (non-hydrogen) atoms. The number of hydrogen-bond acceptors (Lipinski definition) is 5. The van der Waals surface area contributed by atoms with E-state index in [4.69, 9.17) is 23.2 Å². The van der Waals surface area contributed by atoms with Gasteiger partial charge in [-0.3, -0.25) is 9.52 Å². The Balaban J connectivity index is 1.74. The lowest BCUT2D eigenvalue weighted by atomic mass is 10.2. The lowest BCUT2D eigenvalue weighted by Gasteiger charge is -2.10. The summed E-state index contributed by atoms with van der Waals surface area (Å²) >= 11 is 11.8. The van der Waals surface area contributed by atoms with Crippen molar-refractivity contribution in [3.63, 3.8) is 0 Å². The number of carbonyl (C=O) groups excluding carboxylic acids is 1. The topological polar surface area (TPSA) is 101 Å². The zero-order valence-corrected chi connectivity index (χ0v) is 17.7. The number of nitrogens with zero attached hydrogens (tertiary/aromatic N) is 2. The van der Waals surface area contributed by atoms with Crippen LogP contribution in [0.25, 0.3) is 0 Å². The Kier molecular flexibility index (Phi) is 6.07. The summed E-state index contributed by atoms with van der Waals surface area (Å²) in [4.78, 5) is 20.5. The third-order valence-electron chi connectivity index (χ3n) is 3.81. The Morgan fingerprint density at radius 1 is 0.931 bits per heavy atom. The number of anilines is 2. The summed E-state index contributed by atoms with van der Waals surface area (Å²) in [5, 5.41) is 3.28. The van der Waals surface area contributed by atoms with Gasteiger partial charge in [-0.25, -0.2) is 18.4 Å². The molecular weight excluding hydrogens is 435 g/mol. The molecule has 3 aromatic rings. The highest BCUT2D eigenvalue weighted by molar-refractivity contribution is 7.92. The van der Waals surface area contributed by atoms with E-state index in [2.05, 4.69) is 20.0 Å². The maximum absolute atomic E-state index is 12.6. The summed E-state index contributed by atoms with van der Waals surface area (Å²) in [6.07, 6.45) is 0. The molecule has 0 saturated carbocycles. The van der Waals surface area contributed by atoms with Gasteiger partial charge < -0.3 is 5.32 Å². The fourth-order valence-electron chi connectivity index (χ4n) is 2.52. The fourth-order valence-corrected chi connectivity index (χ4v) is 3.81. The number of amides is 1. The quantitative estimate of drug-likeness (QED) is 0.597. The summed E-state index contributed by atoms with van der Waals surface area (Å²) in [6, 6.07) is 11.8. The zero-order chi connectivity index (χ0) is 21.2. The molecule has 7 nitrogen and oxygen atoms in total. The predicted molar refractivity (Wildman–Crippen MR) is 113 cm³/mol. The minimum Gasteiger partial charge on any atom is -0.322 e. The third kappa shape index (κ3) is 5.23. The molecule has 150 valence electrons. The molecule has 2 aromatic carbocycles. The number of carbonyl (C=O) groups is 1. The summed E-state index contributed by atoms with van der Waals surface area (Å²) in [5.74, 6) is 0.249. The van der Waals surface area contributed by atoms with Crippen molar-refractivity contribution in [3.8, 4) is 0 Å². The Morgan fingerprint density at radius 3 is 2.24 bits per heavy atom. The molecule has 1 amide bonds. The van der Waals surface area contributed by atoms with Crippen LogP contribution in [-0.2, 0) is 10.0 Å². The first-order chi connectivity index (χ1) is 13.6. The summed E-state index contributed by atoms with van der Waals surface area (Å²) in [5.41, 5.74) is 1.40. The molecule has 0 radical (unpaired) electrons. The van der Waals surface area contributed by atoms with Crippen LogP contribution in [0, 0.1) is 13.8 Å². The summed E-state index contributed by atoms with van der Waals surface area (Å²) < 4.78 is 27.5. The average Bonchev–Trinajstić information content (AvgIpc) is 2.63. The van der Waals surface area contributed by atoms with Crippen molar-refractivity contribution in [2.75, 3.05) is 10.0 Å². The maximum atomic E-state index is 12.6. The minimum atomic E-state index is -3.84. The molecule has 0 atom stereocenters. The number of aryl methyl sites for hydroxylation is 2. The number of nitrogens with one attached hydrogen (secondary N) is 2. The van der Waals surface area contributed by atoms with E-state index in [1.54, 1.807) is 13.8 Å². The number of rotatable bonds is 5. The van der Waals surface area contributed by atoms with Gasteiger partial charge in [0.25, 0.3) is 15.9 Å². The van der Waals surface area contributed by atoms with E-state index in [1.807, 2.05) is 0 Å². The number of aromatic nitrogens is 2. The number of benzene rings is 2. The van der Waals surface area contributed by atoms with E-state index in [-0.39, 0.29) is 15.7 Å². The summed E-state index contributed by atoms with van der Waals surface area (Å²) in [6.45, 7) is 3.42. The average molecular weight is 451 g/mol. The number of halogens is 2. The van der Waals surface area contributed by atoms with Crippen LogP contribution in [0.4, 0.5) is 11.5 Å². The second-order valence-corrected chi connectivity index (χ2v) is 8.65. The van der Waals surface area contributed by atoms with Crippen molar-refractivity contribution in [2.24, 2.45) is 0 Å². The van der Waals surface area contributed by atoms with Gasteiger partial charge in [0.1, 0.15) is 11.6 Å². The first-order valence-electron chi connectivity index (χ1n) is 8.35. The van der Waals surface area contributed by atoms with Crippen molar-refractivity contribution in [1.29, 1.82) is 0 Å². The van der Waals surface area contributed by atoms with E-state index in [0.717, 1.165) is 0 Å². The monoisotopic (exact) mass is 450 g/mol. The van der Waals surface area contributed by atoms with E-state index >= 15 is 0 Å². The molecule has 0 aliphatic rings. The maximum Gasteiger partial charge on any atom is 0.263 e. The molecule has 0 aliphatic carbocycles. The molecule has 10 heteroatoms. The summed E-state index contributed by atoms with van der Waals surface area (Å²) in [7, 11) is -3.84. The fraction of sp³-hybridized carbons (Fsp3) is 0.105. The van der Waals surface area contributed by atoms with Crippen LogP contribution in [0.5, 0.6) is 0 Å². The Morgan fingerprint density at radius 2 is 1.62 bits per heavy atom. The van der Waals surface area contributed by atoms with Crippen molar-refractivity contribution in [3.05, 3.63) is 75.7 Å². The van der Waals surface area contributed by atoms with Crippen molar-refractivity contribution >= 4 is 50.6 Å². The molecular formula is C19H16Cl2N4O3S. The van der Waals surface area contributed by atoms with Crippen molar-refractivity contribution in [1.82, 2.24) is 9.97 Å². The van der Waals surface area contributed by atoms with Gasteiger partial charge >= 0.3 is 0 Å². The number of sulfonamides is 1. The first-order valence-corrected chi connectivity index (χ1v) is 10.6. The molecule has 3 rings (SSSR count). The minimum absolute atomic E-state index is 0.0268. The van der Waals surface area contributed by atoms with Gasteiger partial charge in [-0.15, -0.1) is 0 Å². The lowest BCUT2D eigenvalue weighted by molar-refractivity contribution is 0.102. The van der Waals surface area contributed by atoms with E-state index in [9.17, 15) is 13.2 Å². The van der Waals surface area contributed by atoms with Crippen LogP contribution in [-0.4, -0.2) is 24.3 Å². The Bertz CT molecular complexity index is 1160. The van der Waals surface area contributed by atoms with Gasteiger partial charge in [0.15, 0.2) is 0 Å². The SMILES string of the molecule is Cc1cc(NS(=O)(=O)c2ccc(NC(=O)c3ccc(Cl)c(Cl)c3)cc2)nc(C)n1. The van der Waals surface area contributed by atoms with Crippen molar-refractivity contribution in [2.45, 2.75) is 18.7 Å². The van der Waals surface area contributed by atoms with E-state index in [1.165, 1.54) is 48.5 Å². The zero-order valence-electron chi connectivity index (χ0n) is 15.4.